The Morgan fingerprint density at radius 3 is 1.90 bits per heavy atom. The number of aromatic amines is 2. The van der Waals surface area contributed by atoms with E-state index in [1.54, 1.807) is 18.2 Å². The molecule has 8 bridgehead atoms. The molecular weight excluding hydrogens is 396 g/mol. The van der Waals surface area contributed by atoms with Crippen molar-refractivity contribution in [2.75, 3.05) is 0 Å². The first kappa shape index (κ1) is 17.7. The number of hydrogen-bond acceptors (Lipinski definition) is 6. The van der Waals surface area contributed by atoms with E-state index in [-0.39, 0.29) is 5.75 Å². The standard InChI is InChI=1S/C20H13ClN4O4/c26-21(27,28)29-20-11-18-9-16-4-3-14(23-16)7-12-1-2-13(22-12)8-15-5-6-17(24-15)10-19(20)25-18/h1-11,23,25H. The summed E-state index contributed by atoms with van der Waals surface area (Å²) in [5, 5.41) is 0. The quantitative estimate of drug-likeness (QED) is 0.446. The summed E-state index contributed by atoms with van der Waals surface area (Å²) in [5.74, 6) is -0.106. The lowest BCUT2D eigenvalue weighted by Gasteiger charge is -2.10. The van der Waals surface area contributed by atoms with Crippen LogP contribution in [0.3, 0.4) is 0 Å². The van der Waals surface area contributed by atoms with Crippen LogP contribution in [-0.4, -0.2) is 19.9 Å². The normalized spacial score (nSPS) is 13.1. The highest BCUT2D eigenvalue weighted by molar-refractivity contribution is 5.79. The minimum absolute atomic E-state index is 0.106. The third kappa shape index (κ3) is 3.91. The van der Waals surface area contributed by atoms with Gasteiger partial charge in [-0.15, -0.1) is 0 Å². The van der Waals surface area contributed by atoms with Crippen molar-refractivity contribution in [3.63, 3.8) is 0 Å². The minimum Gasteiger partial charge on any atom is -0.355 e. The average Bonchev–Trinajstić information content (AvgIpc) is 3.39. The fourth-order valence-electron chi connectivity index (χ4n) is 3.16. The van der Waals surface area contributed by atoms with Gasteiger partial charge in [0.2, 0.25) is 0 Å². The van der Waals surface area contributed by atoms with E-state index in [0.29, 0.717) is 22.4 Å². The molecule has 0 unspecified atom stereocenters. The number of nitrogens with one attached hydrogen (secondary N) is 2. The summed E-state index contributed by atoms with van der Waals surface area (Å²) in [6.45, 7) is 0. The van der Waals surface area contributed by atoms with Crippen molar-refractivity contribution < 1.29 is 28.5 Å². The molecule has 0 atom stereocenters. The van der Waals surface area contributed by atoms with Crippen molar-refractivity contribution in [1.29, 1.82) is 0 Å². The van der Waals surface area contributed by atoms with E-state index in [0.717, 1.165) is 22.4 Å². The summed E-state index contributed by atoms with van der Waals surface area (Å²) in [5.41, 5.74) is 5.35. The maximum atomic E-state index is 11.1. The summed E-state index contributed by atoms with van der Waals surface area (Å²) in [7, 11) is -4.63. The lowest BCUT2D eigenvalue weighted by atomic mass is 10.3. The third-order valence-electron chi connectivity index (χ3n) is 4.31. The Labute approximate surface area is 166 Å². The molecule has 0 aromatic carbocycles. The SMILES string of the molecule is [O-][Cl+3]([O-])([O-])Oc1cc2cc3ccc(cc4nc(cc5nc(cc1[nH]2)C=C5)C=C4)[nH]3. The summed E-state index contributed by atoms with van der Waals surface area (Å²) in [4.78, 5) is 15.3. The molecule has 5 rings (SSSR count). The van der Waals surface area contributed by atoms with E-state index < -0.39 is 10.2 Å². The number of rotatable bonds is 2. The van der Waals surface area contributed by atoms with E-state index in [9.17, 15) is 14.0 Å². The highest BCUT2D eigenvalue weighted by Crippen LogP contribution is 2.25. The molecule has 0 amide bonds. The van der Waals surface area contributed by atoms with Crippen LogP contribution in [-0.2, 0) is 0 Å². The van der Waals surface area contributed by atoms with Crippen molar-refractivity contribution in [1.82, 2.24) is 19.9 Å². The van der Waals surface area contributed by atoms with Gasteiger partial charge in [-0.3, -0.25) is 0 Å². The van der Waals surface area contributed by atoms with Gasteiger partial charge >= 0.3 is 5.75 Å². The number of aromatic nitrogens is 4. The van der Waals surface area contributed by atoms with E-state index in [1.807, 2.05) is 42.5 Å². The fraction of sp³-hybridized carbons (Fsp3) is 0. The largest absolute Gasteiger partial charge is 0.355 e. The molecule has 2 aliphatic heterocycles. The molecular formula is C20H13ClN4O4. The van der Waals surface area contributed by atoms with Crippen molar-refractivity contribution in [2.24, 2.45) is 0 Å². The van der Waals surface area contributed by atoms with Crippen LogP contribution in [0.1, 0.15) is 22.8 Å². The molecule has 8 nitrogen and oxygen atoms in total. The number of H-pyrrole nitrogens is 2. The highest BCUT2D eigenvalue weighted by Gasteiger charge is 2.22. The highest BCUT2D eigenvalue weighted by atomic mass is 35.7. The van der Waals surface area contributed by atoms with Crippen LogP contribution in [0.25, 0.3) is 46.4 Å². The van der Waals surface area contributed by atoms with Gasteiger partial charge < -0.3 is 9.97 Å². The first-order valence-corrected chi connectivity index (χ1v) is 9.82. The van der Waals surface area contributed by atoms with Crippen LogP contribution in [0.2, 0.25) is 0 Å². The second-order valence-electron chi connectivity index (χ2n) is 6.49. The number of fused-ring (bicyclic) bond motifs is 8. The molecule has 0 spiro atoms. The third-order valence-corrected chi connectivity index (χ3v) is 4.66. The van der Waals surface area contributed by atoms with Gasteiger partial charge in [0.25, 0.3) is 0 Å². The van der Waals surface area contributed by atoms with Gasteiger partial charge in [0, 0.05) is 22.6 Å². The van der Waals surface area contributed by atoms with E-state index in [2.05, 4.69) is 24.2 Å². The Bertz CT molecular complexity index is 1330. The van der Waals surface area contributed by atoms with Crippen molar-refractivity contribution >= 4 is 46.4 Å². The lowest BCUT2D eigenvalue weighted by molar-refractivity contribution is -1.91. The Kier molecular flexibility index (Phi) is 4.00. The van der Waals surface area contributed by atoms with Gasteiger partial charge in [-0.25, -0.2) is 9.97 Å². The Balaban J connectivity index is 1.81. The van der Waals surface area contributed by atoms with Crippen LogP contribution >= 0.6 is 0 Å². The Morgan fingerprint density at radius 2 is 1.24 bits per heavy atom. The zero-order valence-corrected chi connectivity index (χ0v) is 15.5. The van der Waals surface area contributed by atoms with Crippen LogP contribution in [0.15, 0.2) is 42.5 Å². The molecule has 29 heavy (non-hydrogen) atoms. The smallest absolute Gasteiger partial charge is 0.313 e. The van der Waals surface area contributed by atoms with E-state index >= 15 is 0 Å². The lowest BCUT2D eigenvalue weighted by Crippen LogP contribution is -2.63. The average molecular weight is 409 g/mol. The van der Waals surface area contributed by atoms with Gasteiger partial charge in [-0.1, -0.05) is 4.29 Å². The molecule has 3 aromatic heterocycles. The maximum absolute atomic E-state index is 11.1. The molecule has 2 N–H and O–H groups in total. The zero-order valence-electron chi connectivity index (χ0n) is 14.8. The Morgan fingerprint density at radius 1 is 0.655 bits per heavy atom. The molecule has 3 aromatic rings. The predicted octanol–water partition coefficient (Wildman–Crippen LogP) is 0.932. The zero-order chi connectivity index (χ0) is 20.0. The number of hydrogen-bond donors (Lipinski definition) is 2. The fourth-order valence-corrected chi connectivity index (χ4v) is 3.49. The monoisotopic (exact) mass is 408 g/mol. The molecule has 0 saturated heterocycles. The maximum Gasteiger partial charge on any atom is 0.313 e. The van der Waals surface area contributed by atoms with Gasteiger partial charge in [-0.2, -0.15) is 14.0 Å². The van der Waals surface area contributed by atoms with Crippen LogP contribution in [0.4, 0.5) is 0 Å². The predicted molar refractivity (Wildman–Crippen MR) is 99.5 cm³/mol. The first-order valence-electron chi connectivity index (χ1n) is 8.58. The van der Waals surface area contributed by atoms with Gasteiger partial charge in [0.1, 0.15) is 15.8 Å². The number of nitrogens with zero attached hydrogens (tertiary/aromatic N) is 2. The molecule has 9 heteroatoms. The molecule has 0 radical (unpaired) electrons. The van der Waals surface area contributed by atoms with Crippen LogP contribution in [0.5, 0.6) is 5.75 Å². The van der Waals surface area contributed by atoms with Crippen LogP contribution < -0.4 is 18.3 Å². The Hall–Kier alpha value is -3.43. The van der Waals surface area contributed by atoms with E-state index in [1.165, 1.54) is 6.07 Å². The van der Waals surface area contributed by atoms with Crippen LogP contribution in [0, 0.1) is 10.2 Å². The van der Waals surface area contributed by atoms with Gasteiger partial charge in [-0.05, 0) is 60.7 Å². The molecule has 2 aliphatic rings. The topological polar surface area (TPSA) is 136 Å². The number of halogens is 1. The van der Waals surface area contributed by atoms with Gasteiger partial charge in [0.05, 0.1) is 22.8 Å². The summed E-state index contributed by atoms with van der Waals surface area (Å²) in [6.07, 6.45) is 7.41. The molecule has 0 aliphatic carbocycles. The van der Waals surface area contributed by atoms with Gasteiger partial charge in [0.15, 0.2) is 0 Å². The summed E-state index contributed by atoms with van der Waals surface area (Å²) in [6, 6.07) is 12.3. The molecule has 0 saturated carbocycles. The van der Waals surface area contributed by atoms with E-state index in [4.69, 9.17) is 0 Å². The molecule has 5 heterocycles. The molecule has 0 fully saturated rings. The minimum atomic E-state index is -4.63. The second kappa shape index (κ2) is 6.57. The summed E-state index contributed by atoms with van der Waals surface area (Å²) >= 11 is 0. The second-order valence-corrected chi connectivity index (χ2v) is 7.40. The van der Waals surface area contributed by atoms with Crippen molar-refractivity contribution in [3.05, 3.63) is 65.2 Å². The first-order chi connectivity index (χ1) is 13.9. The van der Waals surface area contributed by atoms with Crippen molar-refractivity contribution in [3.8, 4) is 5.75 Å². The molecule has 144 valence electrons. The summed E-state index contributed by atoms with van der Waals surface area (Å²) < 4.78 is 37.8. The van der Waals surface area contributed by atoms with Crippen molar-refractivity contribution in [2.45, 2.75) is 0 Å².